The Morgan fingerprint density at radius 1 is 1.08 bits per heavy atom. The fraction of sp³-hybridized carbons (Fsp3) is 0.931. The fourth-order valence-corrected chi connectivity index (χ4v) is 11.1. The van der Waals surface area contributed by atoms with Gasteiger partial charge in [0.05, 0.1) is 18.0 Å². The number of allylic oxidation sites excluding steroid dienone is 1. The maximum atomic E-state index is 11.9. The fourth-order valence-electron chi connectivity index (χ4n) is 10.2. The van der Waals surface area contributed by atoms with Crippen molar-refractivity contribution in [2.75, 3.05) is 12.8 Å². The molecule has 0 unspecified atom stereocenters. The smallest absolute Gasteiger partial charge is 0.208 e. The van der Waals surface area contributed by atoms with Crippen molar-refractivity contribution in [3.63, 3.8) is 0 Å². The molecule has 0 aromatic rings. The van der Waals surface area contributed by atoms with Gasteiger partial charge in [0, 0.05) is 18.0 Å². The zero-order chi connectivity index (χ0) is 24.8. The SMILES string of the molecule is CC1=C2C[C@H]3[C@@H](CC[C@@H]4C[C@H](NS(C)(=O)=O)CC[C@@]43C)[C@@H]2CC[C@@]2(C1)O[C@@H]1C[C@H](C)CN[C@H]1[C@H]2C.Cl. The van der Waals surface area contributed by atoms with Crippen LogP contribution in [0.5, 0.6) is 0 Å². The Balaban J connectivity index is 0.00000267. The second kappa shape index (κ2) is 9.50. The third kappa shape index (κ3) is 4.43. The normalized spacial score (nSPS) is 50.5. The van der Waals surface area contributed by atoms with Crippen molar-refractivity contribution in [2.45, 2.75) is 116 Å². The van der Waals surface area contributed by atoms with E-state index in [1.54, 1.807) is 11.1 Å². The number of fused-ring (bicyclic) bond motifs is 6. The molecule has 11 atom stereocenters. The summed E-state index contributed by atoms with van der Waals surface area (Å²) in [6, 6.07) is 0.660. The average Bonchev–Trinajstić information content (AvgIpc) is 3.23. The molecule has 0 radical (unpaired) electrons. The highest BCUT2D eigenvalue weighted by molar-refractivity contribution is 7.88. The van der Waals surface area contributed by atoms with Crippen LogP contribution in [-0.2, 0) is 14.8 Å². The largest absolute Gasteiger partial charge is 0.369 e. The molecule has 1 spiro atoms. The average molecular weight is 541 g/mol. The number of hydrogen-bond donors (Lipinski definition) is 2. The van der Waals surface area contributed by atoms with E-state index in [2.05, 4.69) is 37.7 Å². The zero-order valence-electron chi connectivity index (χ0n) is 23.0. The minimum atomic E-state index is -3.13. The minimum absolute atomic E-state index is 0. The van der Waals surface area contributed by atoms with Crippen molar-refractivity contribution in [3.05, 3.63) is 11.1 Å². The van der Waals surface area contributed by atoms with Crippen LogP contribution in [0.1, 0.15) is 91.9 Å². The molecule has 6 aliphatic rings. The van der Waals surface area contributed by atoms with Crippen LogP contribution in [-0.4, -0.2) is 45.0 Å². The first-order chi connectivity index (χ1) is 16.5. The van der Waals surface area contributed by atoms with Crippen molar-refractivity contribution in [3.8, 4) is 0 Å². The van der Waals surface area contributed by atoms with Gasteiger partial charge in [0.2, 0.25) is 10.0 Å². The first-order valence-electron chi connectivity index (χ1n) is 14.6. The first-order valence-corrected chi connectivity index (χ1v) is 16.5. The number of rotatable bonds is 2. The monoisotopic (exact) mass is 540 g/mol. The summed E-state index contributed by atoms with van der Waals surface area (Å²) >= 11 is 0. The van der Waals surface area contributed by atoms with Crippen LogP contribution in [0.15, 0.2) is 11.1 Å². The van der Waals surface area contributed by atoms with Gasteiger partial charge in [-0.1, -0.05) is 31.9 Å². The number of hydrogen-bond acceptors (Lipinski definition) is 4. The Bertz CT molecular complexity index is 1000. The summed E-state index contributed by atoms with van der Waals surface area (Å²) in [5, 5.41) is 3.85. The van der Waals surface area contributed by atoms with Crippen LogP contribution in [0.3, 0.4) is 0 Å². The van der Waals surface area contributed by atoms with E-state index < -0.39 is 10.0 Å². The quantitative estimate of drug-likeness (QED) is 0.457. The van der Waals surface area contributed by atoms with E-state index in [0.29, 0.717) is 35.3 Å². The van der Waals surface area contributed by atoms with Gasteiger partial charge in [0.1, 0.15) is 0 Å². The van der Waals surface area contributed by atoms with Gasteiger partial charge >= 0.3 is 0 Å². The lowest BCUT2D eigenvalue weighted by molar-refractivity contribution is -0.0746. The third-order valence-corrected chi connectivity index (χ3v) is 12.8. The Labute approximate surface area is 225 Å². The summed E-state index contributed by atoms with van der Waals surface area (Å²) in [4.78, 5) is 0. The number of piperidine rings is 1. The molecule has 7 heteroatoms. The van der Waals surface area contributed by atoms with Crippen molar-refractivity contribution >= 4 is 22.4 Å². The molecule has 5 nitrogen and oxygen atoms in total. The molecule has 2 aliphatic heterocycles. The Kier molecular flexibility index (Phi) is 7.24. The van der Waals surface area contributed by atoms with Gasteiger partial charge in [-0.3, -0.25) is 0 Å². The lowest BCUT2D eigenvalue weighted by atomic mass is 9.52. The van der Waals surface area contributed by atoms with E-state index in [-0.39, 0.29) is 24.0 Å². The molecule has 3 saturated carbocycles. The maximum absolute atomic E-state index is 11.9. The van der Waals surface area contributed by atoms with Crippen LogP contribution in [0.25, 0.3) is 0 Å². The Hall–Kier alpha value is -0.140. The highest BCUT2D eigenvalue weighted by Gasteiger charge is 2.59. The van der Waals surface area contributed by atoms with Crippen molar-refractivity contribution in [1.82, 2.24) is 10.0 Å². The van der Waals surface area contributed by atoms with Crippen molar-refractivity contribution in [2.24, 2.45) is 40.9 Å². The predicted molar refractivity (Wildman–Crippen MR) is 148 cm³/mol. The molecular formula is C29H49ClN2O3S. The summed E-state index contributed by atoms with van der Waals surface area (Å²) < 4.78 is 33.7. The molecule has 36 heavy (non-hydrogen) atoms. The molecule has 2 N–H and O–H groups in total. The van der Waals surface area contributed by atoms with E-state index in [1.807, 2.05) is 0 Å². The van der Waals surface area contributed by atoms with Crippen LogP contribution >= 0.6 is 12.4 Å². The van der Waals surface area contributed by atoms with Gasteiger partial charge in [-0.05, 0) is 113 Å². The van der Waals surface area contributed by atoms with Gasteiger partial charge in [-0.25, -0.2) is 13.1 Å². The molecule has 2 heterocycles. The molecule has 5 fully saturated rings. The molecule has 206 valence electrons. The van der Waals surface area contributed by atoms with Crippen LogP contribution in [0.4, 0.5) is 0 Å². The minimum Gasteiger partial charge on any atom is -0.369 e. The van der Waals surface area contributed by atoms with Crippen molar-refractivity contribution < 1.29 is 13.2 Å². The molecular weight excluding hydrogens is 492 g/mol. The molecule has 0 amide bonds. The first kappa shape index (κ1) is 27.4. The van der Waals surface area contributed by atoms with Gasteiger partial charge in [0.15, 0.2) is 0 Å². The second-order valence-electron chi connectivity index (χ2n) is 14.0. The summed E-state index contributed by atoms with van der Waals surface area (Å²) in [5.41, 5.74) is 3.83. The molecule has 0 aromatic heterocycles. The summed E-state index contributed by atoms with van der Waals surface area (Å²) in [5.74, 6) is 4.28. The van der Waals surface area contributed by atoms with Gasteiger partial charge in [-0.2, -0.15) is 0 Å². The summed E-state index contributed by atoms with van der Waals surface area (Å²) in [6.45, 7) is 11.0. The number of halogens is 1. The molecule has 4 aliphatic carbocycles. The number of sulfonamides is 1. The van der Waals surface area contributed by atoms with Crippen LogP contribution < -0.4 is 10.0 Å². The number of ether oxygens (including phenoxy) is 1. The van der Waals surface area contributed by atoms with E-state index in [4.69, 9.17) is 4.74 Å². The van der Waals surface area contributed by atoms with E-state index in [1.165, 1.54) is 51.2 Å². The molecule has 0 aromatic carbocycles. The Morgan fingerprint density at radius 3 is 2.61 bits per heavy atom. The number of nitrogens with one attached hydrogen (secondary N) is 2. The third-order valence-electron chi connectivity index (χ3n) is 12.0. The standard InChI is InChI=1S/C29H48N2O3S.ClH/c1-17-12-26-27(30-16-17)19(3)29(34-26)11-9-22-23-7-6-20-13-21(31-35(5,32)33)8-10-28(20,4)25(23)14-24(22)18(2)15-29;/h17,19-23,25-27,30-31H,6-16H2,1-5H3;1H/t17-,19+,20+,21+,22-,23-,25-,26+,27-,28-,29-;/m0./s1. The molecule has 2 saturated heterocycles. The van der Waals surface area contributed by atoms with E-state index in [0.717, 1.165) is 43.6 Å². The second-order valence-corrected chi connectivity index (χ2v) is 15.8. The van der Waals surface area contributed by atoms with Crippen LogP contribution in [0.2, 0.25) is 0 Å². The van der Waals surface area contributed by atoms with E-state index >= 15 is 0 Å². The highest BCUT2D eigenvalue weighted by atomic mass is 35.5. The van der Waals surface area contributed by atoms with Gasteiger partial charge < -0.3 is 10.1 Å². The van der Waals surface area contributed by atoms with Gasteiger partial charge in [-0.15, -0.1) is 12.4 Å². The van der Waals surface area contributed by atoms with E-state index in [9.17, 15) is 8.42 Å². The highest BCUT2D eigenvalue weighted by Crippen LogP contribution is 2.65. The summed E-state index contributed by atoms with van der Waals surface area (Å²) in [7, 11) is -3.13. The maximum Gasteiger partial charge on any atom is 0.208 e. The van der Waals surface area contributed by atoms with Gasteiger partial charge in [0.25, 0.3) is 0 Å². The Morgan fingerprint density at radius 2 is 1.86 bits per heavy atom. The predicted octanol–water partition coefficient (Wildman–Crippen LogP) is 5.45. The van der Waals surface area contributed by atoms with Crippen molar-refractivity contribution in [1.29, 1.82) is 0 Å². The molecule has 0 bridgehead atoms. The lowest BCUT2D eigenvalue weighted by Crippen LogP contribution is -2.50. The summed E-state index contributed by atoms with van der Waals surface area (Å²) in [6.07, 6.45) is 13.6. The lowest BCUT2D eigenvalue weighted by Gasteiger charge is -2.54. The van der Waals surface area contributed by atoms with Crippen LogP contribution in [0, 0.1) is 40.9 Å². The zero-order valence-corrected chi connectivity index (χ0v) is 24.6. The molecule has 6 rings (SSSR count). The topological polar surface area (TPSA) is 67.4 Å².